The van der Waals surface area contributed by atoms with Gasteiger partial charge in [0.05, 0.1) is 12.7 Å². The summed E-state index contributed by atoms with van der Waals surface area (Å²) >= 11 is 1.73. The third-order valence-electron chi connectivity index (χ3n) is 5.75. The van der Waals surface area contributed by atoms with E-state index in [-0.39, 0.29) is 13.2 Å². The van der Waals surface area contributed by atoms with Gasteiger partial charge >= 0.3 is 12.1 Å². The topological polar surface area (TPSA) is 44.8 Å². The molecule has 3 aromatic rings. The first-order valence-electron chi connectivity index (χ1n) is 11.2. The molecule has 0 saturated carbocycles. The zero-order valence-corrected chi connectivity index (χ0v) is 20.0. The van der Waals surface area contributed by atoms with Crippen molar-refractivity contribution in [2.45, 2.75) is 42.7 Å². The van der Waals surface area contributed by atoms with E-state index < -0.39 is 17.7 Å². The average molecular weight is 503 g/mol. The molecule has 4 nitrogen and oxygen atoms in total. The fraction of sp³-hybridized carbons (Fsp3) is 0.296. The second-order valence-corrected chi connectivity index (χ2v) is 9.17. The summed E-state index contributed by atoms with van der Waals surface area (Å²) in [6.45, 7) is 0.0873. The molecule has 0 radical (unpaired) electrons. The van der Waals surface area contributed by atoms with Crippen LogP contribution in [0.25, 0.3) is 0 Å². The Balaban J connectivity index is 1.36. The summed E-state index contributed by atoms with van der Waals surface area (Å²) in [5.74, 6) is 1.74. The number of hydrogen-bond acceptors (Lipinski definition) is 5. The Kier molecular flexibility index (Phi) is 7.90. The largest absolute Gasteiger partial charge is 0.489 e. The molecule has 0 spiro atoms. The van der Waals surface area contributed by atoms with Gasteiger partial charge in [-0.1, -0.05) is 24.3 Å². The van der Waals surface area contributed by atoms with Gasteiger partial charge in [-0.3, -0.25) is 0 Å². The van der Waals surface area contributed by atoms with Gasteiger partial charge in [0, 0.05) is 10.6 Å². The minimum atomic E-state index is -4.35. The highest BCUT2D eigenvalue weighted by Gasteiger charge is 2.29. The first-order valence-corrected chi connectivity index (χ1v) is 12.2. The van der Waals surface area contributed by atoms with Crippen molar-refractivity contribution in [3.05, 3.63) is 88.5 Å². The fourth-order valence-electron chi connectivity index (χ4n) is 3.95. The summed E-state index contributed by atoms with van der Waals surface area (Å²) in [5.41, 5.74) is 3.51. The predicted octanol–water partition coefficient (Wildman–Crippen LogP) is 6.62. The number of fused-ring (bicyclic) bond motifs is 1. The van der Waals surface area contributed by atoms with Gasteiger partial charge in [0.15, 0.2) is 6.61 Å². The van der Waals surface area contributed by atoms with Crippen molar-refractivity contribution in [2.75, 3.05) is 13.7 Å². The van der Waals surface area contributed by atoms with Crippen molar-refractivity contribution in [1.82, 2.24) is 0 Å². The van der Waals surface area contributed by atoms with Gasteiger partial charge in [-0.25, -0.2) is 4.79 Å². The Morgan fingerprint density at radius 2 is 1.71 bits per heavy atom. The van der Waals surface area contributed by atoms with Crippen molar-refractivity contribution in [3.8, 4) is 11.5 Å². The molecular weight excluding hydrogens is 477 g/mol. The van der Waals surface area contributed by atoms with Crippen LogP contribution in [0.4, 0.5) is 13.2 Å². The second kappa shape index (κ2) is 11.1. The van der Waals surface area contributed by atoms with E-state index in [1.165, 1.54) is 29.7 Å². The highest BCUT2D eigenvalue weighted by Crippen LogP contribution is 2.39. The Hall–Kier alpha value is -3.13. The lowest BCUT2D eigenvalue weighted by atomic mass is 10.1. The number of methoxy groups -OCH3 is 1. The van der Waals surface area contributed by atoms with Crippen molar-refractivity contribution in [3.63, 3.8) is 0 Å². The summed E-state index contributed by atoms with van der Waals surface area (Å²) in [6, 6.07) is 16.7. The predicted molar refractivity (Wildman–Crippen MR) is 128 cm³/mol. The second-order valence-electron chi connectivity index (χ2n) is 8.16. The maximum atomic E-state index is 12.7. The van der Waals surface area contributed by atoms with Gasteiger partial charge < -0.3 is 14.2 Å². The number of esters is 1. The highest BCUT2D eigenvalue weighted by molar-refractivity contribution is 7.98. The van der Waals surface area contributed by atoms with E-state index >= 15 is 0 Å². The van der Waals surface area contributed by atoms with Gasteiger partial charge in [-0.2, -0.15) is 13.2 Å². The van der Waals surface area contributed by atoms with Gasteiger partial charge in [0.25, 0.3) is 0 Å². The van der Waals surface area contributed by atoms with Crippen molar-refractivity contribution < 1.29 is 32.2 Å². The van der Waals surface area contributed by atoms with Crippen LogP contribution in [-0.2, 0) is 40.9 Å². The number of rotatable bonds is 9. The normalized spacial score (nSPS) is 12.8. The zero-order chi connectivity index (χ0) is 24.8. The number of thioether (sulfide) groups is 1. The van der Waals surface area contributed by atoms with Gasteiger partial charge in [-0.05, 0) is 77.9 Å². The molecule has 3 aromatic carbocycles. The third kappa shape index (κ3) is 6.51. The summed E-state index contributed by atoms with van der Waals surface area (Å²) in [5, 5.41) is 0. The Morgan fingerprint density at radius 3 is 2.46 bits per heavy atom. The number of alkyl halides is 3. The number of benzene rings is 3. The summed E-state index contributed by atoms with van der Waals surface area (Å²) < 4.78 is 54.3. The van der Waals surface area contributed by atoms with Crippen LogP contribution in [0, 0.1) is 0 Å². The molecule has 1 aliphatic rings. The van der Waals surface area contributed by atoms with E-state index in [9.17, 15) is 18.0 Å². The molecule has 0 atom stereocenters. The van der Waals surface area contributed by atoms with Crippen LogP contribution in [0.3, 0.4) is 0 Å². The van der Waals surface area contributed by atoms with Crippen LogP contribution in [0.1, 0.15) is 34.2 Å². The Morgan fingerprint density at radius 1 is 0.943 bits per heavy atom. The highest BCUT2D eigenvalue weighted by atomic mass is 32.2. The molecule has 4 rings (SSSR count). The summed E-state index contributed by atoms with van der Waals surface area (Å²) in [6.07, 6.45) is -1.40. The maximum absolute atomic E-state index is 12.7. The molecule has 35 heavy (non-hydrogen) atoms. The van der Waals surface area contributed by atoms with Crippen LogP contribution in [0.5, 0.6) is 11.5 Å². The number of ether oxygens (including phenoxy) is 3. The molecule has 0 aliphatic heterocycles. The molecule has 0 amide bonds. The van der Waals surface area contributed by atoms with Crippen LogP contribution >= 0.6 is 11.8 Å². The molecule has 0 aromatic heterocycles. The molecule has 0 N–H and O–H groups in total. The van der Waals surface area contributed by atoms with Crippen LogP contribution in [0.15, 0.2) is 65.6 Å². The molecule has 0 bridgehead atoms. The zero-order valence-electron chi connectivity index (χ0n) is 19.2. The van der Waals surface area contributed by atoms with E-state index in [0.29, 0.717) is 11.3 Å². The number of carbonyl (C=O) groups excluding carboxylic acids is 1. The molecule has 1 aliphatic carbocycles. The van der Waals surface area contributed by atoms with Crippen LogP contribution < -0.4 is 9.47 Å². The van der Waals surface area contributed by atoms with E-state index in [2.05, 4.69) is 4.74 Å². The molecule has 8 heteroatoms. The number of hydrogen-bond donors (Lipinski definition) is 0. The lowest BCUT2D eigenvalue weighted by Crippen LogP contribution is -2.13. The SMILES string of the molecule is COC(=O)COc1ccc(SCc2cccc(OCc3ccc(C(F)(F)F)cc3)c2)c2c1CCC2. The third-order valence-corrected chi connectivity index (χ3v) is 6.92. The first kappa shape index (κ1) is 25.0. The van der Waals surface area contributed by atoms with Crippen LogP contribution in [0.2, 0.25) is 0 Å². The monoisotopic (exact) mass is 502 g/mol. The average Bonchev–Trinajstić information content (AvgIpc) is 3.35. The van der Waals surface area contributed by atoms with Gasteiger partial charge in [-0.15, -0.1) is 11.8 Å². The Bertz CT molecular complexity index is 1180. The Labute approximate surface area is 206 Å². The van der Waals surface area contributed by atoms with E-state index in [1.54, 1.807) is 11.8 Å². The van der Waals surface area contributed by atoms with E-state index in [0.717, 1.165) is 54.0 Å². The van der Waals surface area contributed by atoms with E-state index in [1.807, 2.05) is 36.4 Å². The van der Waals surface area contributed by atoms with Gasteiger partial charge in [0.2, 0.25) is 0 Å². The maximum Gasteiger partial charge on any atom is 0.416 e. The summed E-state index contributed by atoms with van der Waals surface area (Å²) in [4.78, 5) is 12.6. The lowest BCUT2D eigenvalue weighted by molar-refractivity contribution is -0.143. The molecular formula is C27H25F3O4S. The lowest BCUT2D eigenvalue weighted by Gasteiger charge is -2.14. The molecule has 184 valence electrons. The van der Waals surface area contributed by atoms with Crippen molar-refractivity contribution in [1.29, 1.82) is 0 Å². The van der Waals surface area contributed by atoms with Crippen molar-refractivity contribution >= 4 is 17.7 Å². The molecule has 0 unspecified atom stereocenters. The minimum absolute atomic E-state index is 0.102. The summed E-state index contributed by atoms with van der Waals surface area (Å²) in [7, 11) is 1.34. The van der Waals surface area contributed by atoms with E-state index in [4.69, 9.17) is 9.47 Å². The number of halogens is 3. The minimum Gasteiger partial charge on any atom is -0.489 e. The number of carbonyl (C=O) groups is 1. The molecule has 0 saturated heterocycles. The standard InChI is InChI=1S/C27H25F3O4S/c1-32-26(31)16-34-24-12-13-25(23-7-3-6-22(23)24)35-17-19-4-2-5-21(14-19)33-15-18-8-10-20(11-9-18)27(28,29)30/h2,4-5,8-14H,3,6-7,15-17H2,1H3. The smallest absolute Gasteiger partial charge is 0.416 e. The van der Waals surface area contributed by atoms with Crippen LogP contribution in [-0.4, -0.2) is 19.7 Å². The van der Waals surface area contributed by atoms with Gasteiger partial charge in [0.1, 0.15) is 18.1 Å². The quantitative estimate of drug-likeness (QED) is 0.243. The van der Waals surface area contributed by atoms with Crippen molar-refractivity contribution in [2.24, 2.45) is 0 Å². The molecule has 0 heterocycles. The molecule has 0 fully saturated rings. The first-order chi connectivity index (χ1) is 16.8. The fourth-order valence-corrected chi connectivity index (χ4v) is 5.01.